The maximum absolute atomic E-state index is 12.6. The molecule has 0 radical (unpaired) electrons. The van der Waals surface area contributed by atoms with Crippen molar-refractivity contribution in [3.63, 3.8) is 0 Å². The highest BCUT2D eigenvalue weighted by atomic mass is 32.1. The van der Waals surface area contributed by atoms with Gasteiger partial charge in [-0.2, -0.15) is 0 Å². The van der Waals surface area contributed by atoms with E-state index in [2.05, 4.69) is 4.98 Å². The van der Waals surface area contributed by atoms with Crippen LogP contribution in [0.2, 0.25) is 0 Å². The summed E-state index contributed by atoms with van der Waals surface area (Å²) in [5, 5.41) is 2.54. The number of aryl methyl sites for hydroxylation is 1. The van der Waals surface area contributed by atoms with Crippen LogP contribution in [0.4, 0.5) is 5.13 Å². The first-order chi connectivity index (χ1) is 9.58. The van der Waals surface area contributed by atoms with Gasteiger partial charge in [-0.15, -0.1) is 11.3 Å². The monoisotopic (exact) mass is 292 g/mol. The van der Waals surface area contributed by atoms with Gasteiger partial charge in [-0.1, -0.05) is 6.07 Å². The molecule has 20 heavy (non-hydrogen) atoms. The van der Waals surface area contributed by atoms with Gasteiger partial charge in [0, 0.05) is 12.4 Å². The van der Waals surface area contributed by atoms with Gasteiger partial charge in [0.05, 0.1) is 19.9 Å². The molecule has 2 rings (SSSR count). The molecule has 1 aromatic carbocycles. The van der Waals surface area contributed by atoms with Gasteiger partial charge in [-0.05, 0) is 19.1 Å². The van der Waals surface area contributed by atoms with Crippen LogP contribution in [0.1, 0.15) is 16.1 Å². The van der Waals surface area contributed by atoms with Gasteiger partial charge < -0.3 is 9.47 Å². The van der Waals surface area contributed by atoms with Crippen LogP contribution in [0.25, 0.3) is 0 Å². The zero-order valence-electron chi connectivity index (χ0n) is 11.8. The molecule has 1 aromatic heterocycles. The van der Waals surface area contributed by atoms with Crippen molar-refractivity contribution in [3.8, 4) is 11.5 Å². The molecule has 0 aliphatic heterocycles. The summed E-state index contributed by atoms with van der Waals surface area (Å²) in [6.45, 7) is 1.89. The third-order valence-electron chi connectivity index (χ3n) is 2.84. The van der Waals surface area contributed by atoms with Gasteiger partial charge in [-0.3, -0.25) is 9.69 Å². The molecule has 0 aliphatic rings. The van der Waals surface area contributed by atoms with Gasteiger partial charge >= 0.3 is 0 Å². The largest absolute Gasteiger partial charge is 0.496 e. The lowest BCUT2D eigenvalue weighted by Gasteiger charge is -2.18. The quantitative estimate of drug-likeness (QED) is 0.869. The first kappa shape index (κ1) is 14.3. The average molecular weight is 292 g/mol. The molecule has 0 spiro atoms. The highest BCUT2D eigenvalue weighted by Crippen LogP contribution is 2.31. The number of carbonyl (C=O) groups is 1. The zero-order chi connectivity index (χ0) is 14.7. The van der Waals surface area contributed by atoms with E-state index in [1.54, 1.807) is 25.2 Å². The number of amides is 1. The summed E-state index contributed by atoms with van der Waals surface area (Å²) in [6, 6.07) is 5.25. The summed E-state index contributed by atoms with van der Waals surface area (Å²) in [5.74, 6) is 0.748. The maximum Gasteiger partial charge on any atom is 0.267 e. The normalized spacial score (nSPS) is 10.2. The second kappa shape index (κ2) is 5.92. The predicted octanol–water partition coefficient (Wildman–Crippen LogP) is 2.75. The molecule has 1 amide bonds. The van der Waals surface area contributed by atoms with Gasteiger partial charge in [0.2, 0.25) is 0 Å². The van der Waals surface area contributed by atoms with Crippen molar-refractivity contribution in [1.82, 2.24) is 4.98 Å². The van der Waals surface area contributed by atoms with Crippen molar-refractivity contribution in [3.05, 3.63) is 34.8 Å². The molecule has 0 bridgehead atoms. The van der Waals surface area contributed by atoms with E-state index in [1.807, 2.05) is 12.3 Å². The topological polar surface area (TPSA) is 51.7 Å². The molecular weight excluding hydrogens is 276 g/mol. The maximum atomic E-state index is 12.6. The Balaban J connectivity index is 2.42. The smallest absolute Gasteiger partial charge is 0.267 e. The summed E-state index contributed by atoms with van der Waals surface area (Å²) in [5.41, 5.74) is 1.28. The fraction of sp³-hybridized carbons (Fsp3) is 0.286. The number of hydrogen-bond donors (Lipinski definition) is 0. The van der Waals surface area contributed by atoms with Gasteiger partial charge in [0.1, 0.15) is 17.1 Å². The van der Waals surface area contributed by atoms with Gasteiger partial charge in [0.25, 0.3) is 5.91 Å². The summed E-state index contributed by atoms with van der Waals surface area (Å²) >= 11 is 1.42. The van der Waals surface area contributed by atoms with Crippen LogP contribution in [0.5, 0.6) is 11.5 Å². The molecule has 0 atom stereocenters. The molecule has 0 N–H and O–H groups in total. The summed E-state index contributed by atoms with van der Waals surface area (Å²) in [6.07, 6.45) is 0. The third kappa shape index (κ3) is 2.60. The van der Waals surface area contributed by atoms with Crippen LogP contribution >= 0.6 is 11.3 Å². The number of rotatable bonds is 4. The lowest BCUT2D eigenvalue weighted by Crippen LogP contribution is -2.27. The van der Waals surface area contributed by atoms with Crippen molar-refractivity contribution in [2.24, 2.45) is 0 Å². The molecule has 2 aromatic rings. The number of methoxy groups -OCH3 is 2. The fourth-order valence-electron chi connectivity index (χ4n) is 1.81. The molecular formula is C14H16N2O3S. The number of aromatic nitrogens is 1. The SMILES string of the molecule is COc1cccc(OC)c1C(=O)N(C)c1nc(C)cs1. The van der Waals surface area contributed by atoms with E-state index in [0.717, 1.165) is 5.69 Å². The van der Waals surface area contributed by atoms with Crippen molar-refractivity contribution in [1.29, 1.82) is 0 Å². The summed E-state index contributed by atoms with van der Waals surface area (Å²) < 4.78 is 10.5. The number of hydrogen-bond acceptors (Lipinski definition) is 5. The molecule has 106 valence electrons. The number of anilines is 1. The molecule has 0 fully saturated rings. The fourth-order valence-corrected chi connectivity index (χ4v) is 2.58. The molecule has 0 aliphatic carbocycles. The highest BCUT2D eigenvalue weighted by molar-refractivity contribution is 7.14. The third-order valence-corrected chi connectivity index (χ3v) is 3.88. The molecule has 1 heterocycles. The van der Waals surface area contributed by atoms with E-state index >= 15 is 0 Å². The Hall–Kier alpha value is -2.08. The molecule has 0 saturated heterocycles. The van der Waals surface area contributed by atoms with Crippen LogP contribution in [0.3, 0.4) is 0 Å². The highest BCUT2D eigenvalue weighted by Gasteiger charge is 2.23. The Morgan fingerprint density at radius 3 is 2.30 bits per heavy atom. The second-order valence-electron chi connectivity index (χ2n) is 4.17. The van der Waals surface area contributed by atoms with Crippen LogP contribution < -0.4 is 14.4 Å². The average Bonchev–Trinajstić information content (AvgIpc) is 2.91. The van der Waals surface area contributed by atoms with E-state index < -0.39 is 0 Å². The van der Waals surface area contributed by atoms with Crippen molar-refractivity contribution in [2.45, 2.75) is 6.92 Å². The van der Waals surface area contributed by atoms with E-state index in [0.29, 0.717) is 22.2 Å². The van der Waals surface area contributed by atoms with E-state index in [4.69, 9.17) is 9.47 Å². The van der Waals surface area contributed by atoms with Crippen LogP contribution in [-0.2, 0) is 0 Å². The Bertz CT molecular complexity index is 602. The molecule has 0 saturated carbocycles. The van der Waals surface area contributed by atoms with E-state index in [1.165, 1.54) is 30.5 Å². The first-order valence-corrected chi connectivity index (χ1v) is 6.87. The number of nitrogens with zero attached hydrogens (tertiary/aromatic N) is 2. The molecule has 6 heteroatoms. The Morgan fingerprint density at radius 2 is 1.85 bits per heavy atom. The minimum absolute atomic E-state index is 0.214. The number of carbonyl (C=O) groups excluding carboxylic acids is 1. The standard InChI is InChI=1S/C14H16N2O3S/c1-9-8-20-14(15-9)16(2)13(17)12-10(18-3)6-5-7-11(12)19-4/h5-8H,1-4H3. The minimum atomic E-state index is -0.214. The Labute approximate surface area is 121 Å². The van der Waals surface area contributed by atoms with E-state index in [9.17, 15) is 4.79 Å². The molecule has 0 unspecified atom stereocenters. The molecule has 5 nitrogen and oxygen atoms in total. The Morgan fingerprint density at radius 1 is 1.25 bits per heavy atom. The van der Waals surface area contributed by atoms with Crippen LogP contribution in [-0.4, -0.2) is 32.2 Å². The lowest BCUT2D eigenvalue weighted by atomic mass is 10.1. The van der Waals surface area contributed by atoms with Crippen LogP contribution in [0.15, 0.2) is 23.6 Å². The minimum Gasteiger partial charge on any atom is -0.496 e. The Kier molecular flexibility index (Phi) is 4.24. The van der Waals surface area contributed by atoms with Gasteiger partial charge in [0.15, 0.2) is 5.13 Å². The number of ether oxygens (including phenoxy) is 2. The summed E-state index contributed by atoms with van der Waals surface area (Å²) in [4.78, 5) is 18.5. The lowest BCUT2D eigenvalue weighted by molar-refractivity contribution is 0.0987. The summed E-state index contributed by atoms with van der Waals surface area (Å²) in [7, 11) is 4.74. The second-order valence-corrected chi connectivity index (χ2v) is 5.01. The predicted molar refractivity (Wildman–Crippen MR) is 79.1 cm³/mol. The zero-order valence-corrected chi connectivity index (χ0v) is 12.7. The van der Waals surface area contributed by atoms with Crippen molar-refractivity contribution in [2.75, 3.05) is 26.2 Å². The number of benzene rings is 1. The first-order valence-electron chi connectivity index (χ1n) is 5.99. The van der Waals surface area contributed by atoms with Crippen molar-refractivity contribution < 1.29 is 14.3 Å². The van der Waals surface area contributed by atoms with Crippen molar-refractivity contribution >= 4 is 22.4 Å². The van der Waals surface area contributed by atoms with Gasteiger partial charge in [-0.25, -0.2) is 4.98 Å². The van der Waals surface area contributed by atoms with E-state index in [-0.39, 0.29) is 5.91 Å². The number of thiazole rings is 1. The van der Waals surface area contributed by atoms with Crippen LogP contribution in [0, 0.1) is 6.92 Å².